The van der Waals surface area contributed by atoms with E-state index >= 15 is 0 Å². The van der Waals surface area contributed by atoms with E-state index < -0.39 is 0 Å². The van der Waals surface area contributed by atoms with Gasteiger partial charge in [0.25, 0.3) is 0 Å². The highest BCUT2D eigenvalue weighted by atomic mass is 32.1. The largest absolute Gasteiger partial charge is 0.345 e. The molecule has 1 aliphatic rings. The molecule has 1 aromatic rings. The van der Waals surface area contributed by atoms with Crippen molar-refractivity contribution in [3.05, 3.63) is 11.1 Å². The maximum atomic E-state index is 4.55. The summed E-state index contributed by atoms with van der Waals surface area (Å²) in [6.07, 6.45) is 4.71. The van der Waals surface area contributed by atoms with Gasteiger partial charge >= 0.3 is 0 Å². The molecule has 0 amide bonds. The van der Waals surface area contributed by atoms with Gasteiger partial charge in [-0.15, -0.1) is 11.3 Å². The average molecular weight is 253 g/mol. The molecule has 0 spiro atoms. The summed E-state index contributed by atoms with van der Waals surface area (Å²) in [4.78, 5) is 8.34. The first-order valence-corrected chi connectivity index (χ1v) is 7.44. The molecule has 17 heavy (non-hydrogen) atoms. The van der Waals surface area contributed by atoms with Crippen LogP contribution < -0.4 is 10.2 Å². The Bertz CT molecular complexity index is 344. The minimum atomic E-state index is 0.709. The van der Waals surface area contributed by atoms with Gasteiger partial charge in [-0.3, -0.25) is 0 Å². The van der Waals surface area contributed by atoms with E-state index in [9.17, 15) is 0 Å². The third-order valence-electron chi connectivity index (χ3n) is 2.97. The summed E-state index contributed by atoms with van der Waals surface area (Å²) < 4.78 is 0. The van der Waals surface area contributed by atoms with Gasteiger partial charge in [-0.25, -0.2) is 4.98 Å². The molecule has 1 aromatic heterocycles. The van der Waals surface area contributed by atoms with E-state index in [4.69, 9.17) is 0 Å². The number of nitrogens with one attached hydrogen (secondary N) is 1. The zero-order valence-corrected chi connectivity index (χ0v) is 11.9. The van der Waals surface area contributed by atoms with E-state index in [1.165, 1.54) is 22.9 Å². The van der Waals surface area contributed by atoms with Crippen molar-refractivity contribution in [1.29, 1.82) is 0 Å². The molecule has 96 valence electrons. The summed E-state index contributed by atoms with van der Waals surface area (Å²) in [6.45, 7) is 9.80. The van der Waals surface area contributed by atoms with Gasteiger partial charge in [0.1, 0.15) is 0 Å². The van der Waals surface area contributed by atoms with Crippen molar-refractivity contribution >= 4 is 16.5 Å². The molecule has 1 aliphatic carbocycles. The second-order valence-electron chi connectivity index (χ2n) is 5.15. The Kier molecular flexibility index (Phi) is 4.40. The zero-order valence-electron chi connectivity index (χ0n) is 11.1. The van der Waals surface area contributed by atoms with Crippen LogP contribution in [0.2, 0.25) is 0 Å². The molecule has 0 saturated heterocycles. The van der Waals surface area contributed by atoms with Crippen LogP contribution in [0.25, 0.3) is 0 Å². The van der Waals surface area contributed by atoms with Crippen LogP contribution in [-0.2, 0) is 6.54 Å². The normalized spacial score (nSPS) is 15.5. The Balaban J connectivity index is 1.86. The quantitative estimate of drug-likeness (QED) is 0.810. The second-order valence-corrected chi connectivity index (χ2v) is 6.24. The minimum Gasteiger partial charge on any atom is -0.345 e. The van der Waals surface area contributed by atoms with Crippen molar-refractivity contribution in [1.82, 2.24) is 10.3 Å². The van der Waals surface area contributed by atoms with Gasteiger partial charge < -0.3 is 10.2 Å². The summed E-state index contributed by atoms with van der Waals surface area (Å²) in [6, 6.07) is 0.766. The molecule has 1 fully saturated rings. The number of anilines is 1. The van der Waals surface area contributed by atoms with Gasteiger partial charge in [0.05, 0.1) is 0 Å². The van der Waals surface area contributed by atoms with Crippen LogP contribution in [0.1, 0.15) is 38.5 Å². The number of aromatic nitrogens is 1. The third-order valence-corrected chi connectivity index (χ3v) is 4.00. The maximum Gasteiger partial charge on any atom is 0.185 e. The molecule has 0 bridgehead atoms. The lowest BCUT2D eigenvalue weighted by atomic mass is 10.2. The van der Waals surface area contributed by atoms with Gasteiger partial charge in [-0.2, -0.15) is 0 Å². The summed E-state index contributed by atoms with van der Waals surface area (Å²) in [7, 11) is 0. The number of hydrogen-bond donors (Lipinski definition) is 1. The first-order valence-electron chi connectivity index (χ1n) is 6.62. The van der Waals surface area contributed by atoms with Crippen molar-refractivity contribution < 1.29 is 0 Å². The fourth-order valence-electron chi connectivity index (χ4n) is 1.93. The van der Waals surface area contributed by atoms with Crippen molar-refractivity contribution in [3.8, 4) is 0 Å². The molecule has 4 heteroatoms. The molecule has 2 rings (SSSR count). The van der Waals surface area contributed by atoms with Gasteiger partial charge in [-0.05, 0) is 32.2 Å². The van der Waals surface area contributed by atoms with E-state index in [0.717, 1.165) is 25.7 Å². The molecule has 1 saturated carbocycles. The third kappa shape index (κ3) is 3.68. The summed E-state index contributed by atoms with van der Waals surface area (Å²) >= 11 is 1.84. The lowest BCUT2D eigenvalue weighted by molar-refractivity contribution is 0.554. The monoisotopic (exact) mass is 253 g/mol. The molecule has 0 atom stereocenters. The van der Waals surface area contributed by atoms with Crippen molar-refractivity contribution in [3.63, 3.8) is 0 Å². The summed E-state index contributed by atoms with van der Waals surface area (Å²) in [5.74, 6) is 0.709. The second kappa shape index (κ2) is 5.83. The Morgan fingerprint density at radius 1 is 1.53 bits per heavy atom. The smallest absolute Gasteiger partial charge is 0.185 e. The number of hydrogen-bond acceptors (Lipinski definition) is 4. The highest BCUT2D eigenvalue weighted by Crippen LogP contribution is 2.33. The predicted molar refractivity (Wildman–Crippen MR) is 74.7 cm³/mol. The van der Waals surface area contributed by atoms with Crippen LogP contribution in [0.15, 0.2) is 6.20 Å². The highest BCUT2D eigenvalue weighted by molar-refractivity contribution is 7.15. The predicted octanol–water partition coefficient (Wildman–Crippen LogP) is 2.88. The standard InChI is InChI=1S/C13H23N3S/c1-4-16(11-5-6-11)13-15-9-12(17-13)8-14-7-10(2)3/h9-11,14H,4-8H2,1-3H3. The maximum absolute atomic E-state index is 4.55. The SMILES string of the molecule is CCN(c1ncc(CNCC(C)C)s1)C1CC1. The zero-order chi connectivity index (χ0) is 12.3. The molecule has 0 unspecified atom stereocenters. The fourth-order valence-corrected chi connectivity index (χ4v) is 2.95. The molecule has 0 aromatic carbocycles. The average Bonchev–Trinajstić information content (AvgIpc) is 3.00. The van der Waals surface area contributed by atoms with Gasteiger partial charge in [0, 0.05) is 30.2 Å². The molecular formula is C13H23N3S. The molecule has 1 N–H and O–H groups in total. The van der Waals surface area contributed by atoms with E-state index in [2.05, 4.69) is 36.0 Å². The van der Waals surface area contributed by atoms with Crippen LogP contribution >= 0.6 is 11.3 Å². The lowest BCUT2D eigenvalue weighted by Gasteiger charge is -2.18. The lowest BCUT2D eigenvalue weighted by Crippen LogP contribution is -2.24. The fraction of sp³-hybridized carbons (Fsp3) is 0.769. The van der Waals surface area contributed by atoms with Gasteiger partial charge in [0.15, 0.2) is 5.13 Å². The first kappa shape index (κ1) is 12.8. The Morgan fingerprint density at radius 2 is 2.29 bits per heavy atom. The number of nitrogens with zero attached hydrogens (tertiary/aromatic N) is 2. The van der Waals surface area contributed by atoms with Gasteiger partial charge in [0.2, 0.25) is 0 Å². The first-order chi connectivity index (χ1) is 8.20. The Labute approximate surface area is 108 Å². The van der Waals surface area contributed by atoms with E-state index in [1.807, 2.05) is 17.5 Å². The topological polar surface area (TPSA) is 28.2 Å². The molecule has 1 heterocycles. The van der Waals surface area contributed by atoms with Crippen LogP contribution in [-0.4, -0.2) is 24.1 Å². The minimum absolute atomic E-state index is 0.709. The molecule has 0 aliphatic heterocycles. The Hall–Kier alpha value is -0.610. The highest BCUT2D eigenvalue weighted by Gasteiger charge is 2.29. The molecule has 0 radical (unpaired) electrons. The van der Waals surface area contributed by atoms with Gasteiger partial charge in [-0.1, -0.05) is 13.8 Å². The Morgan fingerprint density at radius 3 is 2.88 bits per heavy atom. The van der Waals surface area contributed by atoms with E-state index in [-0.39, 0.29) is 0 Å². The summed E-state index contributed by atoms with van der Waals surface area (Å²) in [5.41, 5.74) is 0. The van der Waals surface area contributed by atoms with E-state index in [0.29, 0.717) is 5.92 Å². The van der Waals surface area contributed by atoms with Crippen LogP contribution in [0.5, 0.6) is 0 Å². The van der Waals surface area contributed by atoms with Crippen LogP contribution in [0, 0.1) is 5.92 Å². The van der Waals surface area contributed by atoms with E-state index in [1.54, 1.807) is 0 Å². The van der Waals surface area contributed by atoms with Crippen molar-refractivity contribution in [2.24, 2.45) is 5.92 Å². The van der Waals surface area contributed by atoms with Crippen LogP contribution in [0.3, 0.4) is 0 Å². The number of rotatable bonds is 7. The number of thiazole rings is 1. The summed E-state index contributed by atoms with van der Waals surface area (Å²) in [5, 5.41) is 4.67. The van der Waals surface area contributed by atoms with Crippen molar-refractivity contribution in [2.75, 3.05) is 18.0 Å². The molecule has 3 nitrogen and oxygen atoms in total. The van der Waals surface area contributed by atoms with Crippen molar-refractivity contribution in [2.45, 2.75) is 46.2 Å². The van der Waals surface area contributed by atoms with Crippen LogP contribution in [0.4, 0.5) is 5.13 Å². The molecular weight excluding hydrogens is 230 g/mol.